The molecule has 47 heavy (non-hydrogen) atoms. The molecule has 10 nitrogen and oxygen atoms in total. The molecule has 2 aliphatic carbocycles. The second kappa shape index (κ2) is 12.7. The molecule has 13 heteroatoms. The molecule has 1 saturated heterocycles. The van der Waals surface area contributed by atoms with Crippen LogP contribution in [-0.2, 0) is 48.5 Å². The zero-order valence-electron chi connectivity index (χ0n) is 27.4. The summed E-state index contributed by atoms with van der Waals surface area (Å²) in [6, 6.07) is 6.25. The van der Waals surface area contributed by atoms with Crippen molar-refractivity contribution in [2.45, 2.75) is 96.2 Å². The molecule has 0 aromatic heterocycles. The number of hydrogen-bond donors (Lipinski definition) is 1. The van der Waals surface area contributed by atoms with E-state index < -0.39 is 94.4 Å². The lowest BCUT2D eigenvalue weighted by atomic mass is 9.48. The molecule has 1 N–H and O–H groups in total. The summed E-state index contributed by atoms with van der Waals surface area (Å²) in [5, 5.41) is 11.9. The van der Waals surface area contributed by atoms with E-state index in [4.69, 9.17) is 23.7 Å². The molecule has 9 atom stereocenters. The zero-order chi connectivity index (χ0) is 35.3. The predicted octanol–water partition coefficient (Wildman–Crippen LogP) is 4.73. The van der Waals surface area contributed by atoms with Crippen LogP contribution in [0.5, 0.6) is 0 Å². The summed E-state index contributed by atoms with van der Waals surface area (Å²) < 4.78 is 72.9. The molecule has 0 radical (unpaired) electrons. The SMILES string of the molecule is C=C1C(=O)O[C@H]2[C@@H](OC(=O)/C(C)=C/C)[C@@H]1[C@H](OC(=O)C(C)C)[C@H]1[C@@]2(C)[C@@H](OC(=O)[C@](OC)(c2ccccc2)C(F)(F)F)CC[C@]1(C)O. The summed E-state index contributed by atoms with van der Waals surface area (Å²) in [5.74, 6) is -7.32. The van der Waals surface area contributed by atoms with E-state index in [2.05, 4.69) is 6.58 Å². The molecule has 4 rings (SSSR count). The Morgan fingerprint density at radius 2 is 1.70 bits per heavy atom. The van der Waals surface area contributed by atoms with Gasteiger partial charge in [0, 0.05) is 29.7 Å². The summed E-state index contributed by atoms with van der Waals surface area (Å²) in [7, 11) is 0.734. The molecule has 1 aromatic rings. The quantitative estimate of drug-likeness (QED) is 0.236. The number of benzene rings is 1. The van der Waals surface area contributed by atoms with Crippen LogP contribution in [0.4, 0.5) is 13.2 Å². The third-order valence-electron chi connectivity index (χ3n) is 9.94. The highest BCUT2D eigenvalue weighted by molar-refractivity contribution is 5.91. The van der Waals surface area contributed by atoms with E-state index in [1.807, 2.05) is 0 Å². The minimum Gasteiger partial charge on any atom is -0.461 e. The number of esters is 4. The second-order valence-corrected chi connectivity index (χ2v) is 13.2. The van der Waals surface area contributed by atoms with Gasteiger partial charge in [-0.25, -0.2) is 14.4 Å². The third kappa shape index (κ3) is 5.85. The van der Waals surface area contributed by atoms with Gasteiger partial charge in [0.1, 0.15) is 18.3 Å². The average Bonchev–Trinajstić information content (AvgIpc) is 2.99. The topological polar surface area (TPSA) is 135 Å². The van der Waals surface area contributed by atoms with Crippen molar-refractivity contribution < 1.29 is 61.1 Å². The molecular weight excluding hydrogens is 625 g/mol. The van der Waals surface area contributed by atoms with Crippen LogP contribution in [0, 0.1) is 23.2 Å². The van der Waals surface area contributed by atoms with Crippen LogP contribution in [0.25, 0.3) is 0 Å². The molecule has 258 valence electrons. The number of ether oxygens (including phenoxy) is 5. The Kier molecular flexibility index (Phi) is 9.78. The van der Waals surface area contributed by atoms with Gasteiger partial charge < -0.3 is 28.8 Å². The van der Waals surface area contributed by atoms with Crippen molar-refractivity contribution >= 4 is 23.9 Å². The standard InChI is InChI=1S/C34H41F3O10/c1-9-18(4)28(39)46-24-22-19(5)29(40)47-26(24)32(7)21(15-16-31(6,42)25(32)23(22)45-27(38)17(2)3)44-30(41)33(43-8,34(35,36)37)20-13-11-10-12-14-20/h9-14,17,21-26,42H,5,15-16H2,1-4,6-8H3/b18-9+/t21-,22-,23-,24-,25+,26-,31-,32+,33+/m0/s1. The zero-order valence-corrected chi connectivity index (χ0v) is 27.4. The largest absolute Gasteiger partial charge is 0.461 e. The van der Waals surface area contributed by atoms with E-state index >= 15 is 0 Å². The molecule has 0 amide bonds. The first-order chi connectivity index (χ1) is 21.8. The fourth-order valence-electron chi connectivity index (χ4n) is 7.35. The van der Waals surface area contributed by atoms with Gasteiger partial charge in [0.15, 0.2) is 6.10 Å². The molecule has 2 bridgehead atoms. The van der Waals surface area contributed by atoms with Crippen molar-refractivity contribution in [1.82, 2.24) is 0 Å². The van der Waals surface area contributed by atoms with Crippen LogP contribution in [0.1, 0.15) is 59.9 Å². The van der Waals surface area contributed by atoms with Crippen molar-refractivity contribution in [2.24, 2.45) is 23.2 Å². The maximum Gasteiger partial charge on any atom is 0.432 e. The van der Waals surface area contributed by atoms with Gasteiger partial charge in [-0.1, -0.05) is 63.8 Å². The Morgan fingerprint density at radius 3 is 2.23 bits per heavy atom. The summed E-state index contributed by atoms with van der Waals surface area (Å²) in [6.45, 7) is 13.0. The Bertz CT molecular complexity index is 1450. The first kappa shape index (κ1) is 36.1. The Balaban J connectivity index is 1.93. The average molecular weight is 667 g/mol. The maximum absolute atomic E-state index is 14.8. The van der Waals surface area contributed by atoms with E-state index in [0.29, 0.717) is 0 Å². The molecule has 3 fully saturated rings. The highest BCUT2D eigenvalue weighted by Gasteiger charge is 2.74. The monoisotopic (exact) mass is 666 g/mol. The molecule has 0 unspecified atom stereocenters. The number of allylic oxidation sites excluding steroid dienone is 1. The number of methoxy groups -OCH3 is 1. The van der Waals surface area contributed by atoms with Gasteiger partial charge in [0.25, 0.3) is 5.60 Å². The van der Waals surface area contributed by atoms with Crippen LogP contribution in [0.3, 0.4) is 0 Å². The van der Waals surface area contributed by atoms with Crippen LogP contribution in [0.2, 0.25) is 0 Å². The van der Waals surface area contributed by atoms with Gasteiger partial charge in [-0.3, -0.25) is 4.79 Å². The number of carbonyl (C=O) groups excluding carboxylic acids is 4. The minimum atomic E-state index is -5.29. The van der Waals surface area contributed by atoms with E-state index in [1.54, 1.807) is 20.8 Å². The lowest BCUT2D eigenvalue weighted by Crippen LogP contribution is -2.75. The van der Waals surface area contributed by atoms with Gasteiger partial charge in [-0.05, 0) is 33.6 Å². The Hall–Kier alpha value is -3.71. The highest BCUT2D eigenvalue weighted by Crippen LogP contribution is 2.61. The molecular formula is C34H41F3O10. The minimum absolute atomic E-state index is 0.111. The van der Waals surface area contributed by atoms with E-state index in [9.17, 15) is 37.5 Å². The van der Waals surface area contributed by atoms with Crippen molar-refractivity contribution in [1.29, 1.82) is 0 Å². The number of fused-ring (bicyclic) bond motifs is 4. The Labute approximate surface area is 271 Å². The fourth-order valence-corrected chi connectivity index (χ4v) is 7.35. The van der Waals surface area contributed by atoms with Crippen molar-refractivity contribution in [3.05, 3.63) is 59.7 Å². The molecule has 3 aliphatic rings. The number of rotatable bonds is 8. The number of halogens is 3. The summed E-state index contributed by atoms with van der Waals surface area (Å²) in [4.78, 5) is 53.4. The summed E-state index contributed by atoms with van der Waals surface area (Å²) in [6.07, 6.45) is -9.84. The van der Waals surface area contributed by atoms with Crippen molar-refractivity contribution in [3.63, 3.8) is 0 Å². The van der Waals surface area contributed by atoms with E-state index in [1.165, 1.54) is 45.0 Å². The highest BCUT2D eigenvalue weighted by atomic mass is 19.4. The van der Waals surface area contributed by atoms with E-state index in [-0.39, 0.29) is 24.0 Å². The van der Waals surface area contributed by atoms with Gasteiger partial charge in [0.05, 0.1) is 22.9 Å². The Morgan fingerprint density at radius 1 is 1.09 bits per heavy atom. The lowest BCUT2D eigenvalue weighted by molar-refractivity contribution is -0.307. The van der Waals surface area contributed by atoms with Gasteiger partial charge >= 0.3 is 30.1 Å². The van der Waals surface area contributed by atoms with Crippen LogP contribution in [0.15, 0.2) is 54.1 Å². The van der Waals surface area contributed by atoms with Crippen molar-refractivity contribution in [2.75, 3.05) is 7.11 Å². The van der Waals surface area contributed by atoms with Crippen LogP contribution < -0.4 is 0 Å². The first-order valence-corrected chi connectivity index (χ1v) is 15.3. The van der Waals surface area contributed by atoms with Gasteiger partial charge in [-0.2, -0.15) is 13.2 Å². The summed E-state index contributed by atoms with van der Waals surface area (Å²) >= 11 is 0. The fraction of sp³-hybridized carbons (Fsp3) is 0.588. The number of alkyl halides is 3. The van der Waals surface area contributed by atoms with Crippen LogP contribution in [-0.4, -0.2) is 72.3 Å². The summed E-state index contributed by atoms with van der Waals surface area (Å²) in [5.41, 5.74) is -7.55. The van der Waals surface area contributed by atoms with Gasteiger partial charge in [-0.15, -0.1) is 0 Å². The first-order valence-electron chi connectivity index (χ1n) is 15.3. The molecule has 1 aliphatic heterocycles. The molecule has 2 saturated carbocycles. The second-order valence-electron chi connectivity index (χ2n) is 13.2. The number of hydrogen-bond acceptors (Lipinski definition) is 10. The normalized spacial score (nSPS) is 33.7. The van der Waals surface area contributed by atoms with E-state index in [0.717, 1.165) is 19.2 Å². The smallest absolute Gasteiger partial charge is 0.432 e. The van der Waals surface area contributed by atoms with Crippen molar-refractivity contribution in [3.8, 4) is 0 Å². The number of aliphatic hydroxyl groups is 1. The number of carbonyl (C=O) groups is 4. The lowest BCUT2D eigenvalue weighted by Gasteiger charge is -2.64. The third-order valence-corrected chi connectivity index (χ3v) is 9.94. The predicted molar refractivity (Wildman–Crippen MR) is 159 cm³/mol. The van der Waals surface area contributed by atoms with Crippen LogP contribution >= 0.6 is 0 Å². The molecule has 1 heterocycles. The molecule has 1 aromatic carbocycles. The van der Waals surface area contributed by atoms with Gasteiger partial charge in [0.2, 0.25) is 0 Å². The maximum atomic E-state index is 14.8. The molecule has 0 spiro atoms.